The zero-order chi connectivity index (χ0) is 24.3. The van der Waals surface area contributed by atoms with Crippen molar-refractivity contribution in [3.63, 3.8) is 0 Å². The fourth-order valence-corrected chi connectivity index (χ4v) is 2.16. The van der Waals surface area contributed by atoms with Gasteiger partial charge in [-0.3, -0.25) is 33.6 Å². The monoisotopic (exact) mass is 446 g/mol. The first-order chi connectivity index (χ1) is 14.2. The van der Waals surface area contributed by atoms with E-state index in [2.05, 4.69) is 10.6 Å². The number of carbonyl (C=O) groups excluding carboxylic acids is 5. The Labute approximate surface area is 176 Å². The van der Waals surface area contributed by atoms with Gasteiger partial charge in [0.25, 0.3) is 0 Å². The summed E-state index contributed by atoms with van der Waals surface area (Å²) in [7, 11) is 0. The molecule has 0 fully saturated rings. The molecular weight excluding hydrogens is 420 g/mol. The van der Waals surface area contributed by atoms with Gasteiger partial charge < -0.3 is 43.4 Å². The average molecular weight is 446 g/mol. The smallest absolute Gasteiger partial charge is 0.325 e. The van der Waals surface area contributed by atoms with Crippen molar-refractivity contribution in [2.45, 2.75) is 56.8 Å². The summed E-state index contributed by atoms with van der Waals surface area (Å²) in [4.78, 5) is 80.7. The van der Waals surface area contributed by atoms with Gasteiger partial charge in [0.2, 0.25) is 29.5 Å². The van der Waals surface area contributed by atoms with E-state index in [0.717, 1.165) is 6.92 Å². The Morgan fingerprint density at radius 2 is 1.19 bits per heavy atom. The van der Waals surface area contributed by atoms with Crippen LogP contribution in [0.2, 0.25) is 0 Å². The predicted octanol–water partition coefficient (Wildman–Crippen LogP) is -4.51. The van der Waals surface area contributed by atoms with E-state index in [1.54, 1.807) is 0 Å². The van der Waals surface area contributed by atoms with Gasteiger partial charge in [-0.2, -0.15) is 0 Å². The molecular formula is C16H26N6O9. The first-order valence-corrected chi connectivity index (χ1v) is 8.92. The number of carbonyl (C=O) groups is 7. The van der Waals surface area contributed by atoms with E-state index in [1.807, 2.05) is 5.32 Å². The lowest BCUT2D eigenvalue weighted by Crippen LogP contribution is -2.58. The molecule has 0 aromatic rings. The van der Waals surface area contributed by atoms with Gasteiger partial charge in [0.05, 0.1) is 18.9 Å². The molecule has 0 radical (unpaired) electrons. The Kier molecular flexibility index (Phi) is 11.2. The second kappa shape index (κ2) is 12.7. The van der Waals surface area contributed by atoms with E-state index in [0.29, 0.717) is 0 Å². The van der Waals surface area contributed by atoms with Gasteiger partial charge in [-0.05, 0) is 13.3 Å². The predicted molar refractivity (Wildman–Crippen MR) is 102 cm³/mol. The molecule has 15 heteroatoms. The second-order valence-corrected chi connectivity index (χ2v) is 6.57. The Balaban J connectivity index is 5.36. The zero-order valence-corrected chi connectivity index (χ0v) is 16.6. The van der Waals surface area contributed by atoms with Crippen LogP contribution in [-0.4, -0.2) is 75.9 Å². The van der Waals surface area contributed by atoms with Crippen molar-refractivity contribution in [1.82, 2.24) is 16.0 Å². The lowest BCUT2D eigenvalue weighted by molar-refractivity contribution is -0.142. The van der Waals surface area contributed by atoms with Crippen molar-refractivity contribution in [1.29, 1.82) is 0 Å². The molecule has 0 saturated heterocycles. The molecule has 0 aliphatic heterocycles. The van der Waals surface area contributed by atoms with Crippen LogP contribution >= 0.6 is 0 Å². The average Bonchev–Trinajstić information content (AvgIpc) is 2.63. The number of aliphatic carboxylic acids is 2. The molecule has 15 nitrogen and oxygen atoms in total. The number of primary amides is 2. The molecule has 0 saturated carbocycles. The van der Waals surface area contributed by atoms with E-state index in [-0.39, 0.29) is 6.42 Å². The van der Waals surface area contributed by atoms with Crippen LogP contribution in [0.3, 0.4) is 0 Å². The minimum Gasteiger partial charge on any atom is -0.481 e. The lowest BCUT2D eigenvalue weighted by atomic mass is 10.1. The number of nitrogens with one attached hydrogen (secondary N) is 3. The summed E-state index contributed by atoms with van der Waals surface area (Å²) in [5, 5.41) is 23.7. The number of carboxylic acid groups (broad SMARTS) is 2. The first-order valence-electron chi connectivity index (χ1n) is 8.92. The van der Waals surface area contributed by atoms with Crippen molar-refractivity contribution in [3.05, 3.63) is 0 Å². The molecule has 5 amide bonds. The van der Waals surface area contributed by atoms with Crippen LogP contribution in [0, 0.1) is 0 Å². The summed E-state index contributed by atoms with van der Waals surface area (Å²) in [5.74, 6) is -7.72. The molecule has 4 unspecified atom stereocenters. The van der Waals surface area contributed by atoms with Crippen molar-refractivity contribution in [2.24, 2.45) is 17.2 Å². The van der Waals surface area contributed by atoms with Crippen molar-refractivity contribution in [2.75, 3.05) is 0 Å². The van der Waals surface area contributed by atoms with Gasteiger partial charge in [0.1, 0.15) is 18.1 Å². The Bertz CT molecular complexity index is 741. The minimum absolute atomic E-state index is 0.258. The van der Waals surface area contributed by atoms with Crippen molar-refractivity contribution in [3.8, 4) is 0 Å². The Morgan fingerprint density at radius 3 is 1.58 bits per heavy atom. The van der Waals surface area contributed by atoms with E-state index in [9.17, 15) is 33.6 Å². The van der Waals surface area contributed by atoms with Crippen LogP contribution in [-0.2, 0) is 33.6 Å². The van der Waals surface area contributed by atoms with Gasteiger partial charge in [0.15, 0.2) is 0 Å². The topological polar surface area (TPSA) is 274 Å². The Morgan fingerprint density at radius 1 is 0.774 bits per heavy atom. The summed E-state index contributed by atoms with van der Waals surface area (Å²) < 4.78 is 0. The van der Waals surface area contributed by atoms with Crippen LogP contribution < -0.4 is 33.2 Å². The molecule has 0 aromatic heterocycles. The van der Waals surface area contributed by atoms with Crippen molar-refractivity contribution >= 4 is 41.5 Å². The van der Waals surface area contributed by atoms with Gasteiger partial charge in [-0.15, -0.1) is 0 Å². The van der Waals surface area contributed by atoms with E-state index >= 15 is 0 Å². The maximum atomic E-state index is 12.5. The van der Waals surface area contributed by atoms with Crippen LogP contribution in [0.1, 0.15) is 32.6 Å². The maximum Gasteiger partial charge on any atom is 0.325 e. The van der Waals surface area contributed by atoms with E-state index in [1.165, 1.54) is 0 Å². The fourth-order valence-electron chi connectivity index (χ4n) is 2.16. The number of amides is 5. The maximum absolute atomic E-state index is 12.5. The molecule has 0 spiro atoms. The number of rotatable bonds is 14. The molecule has 174 valence electrons. The summed E-state index contributed by atoms with van der Waals surface area (Å²) in [5.41, 5.74) is 15.6. The largest absolute Gasteiger partial charge is 0.481 e. The number of carboxylic acids is 2. The van der Waals surface area contributed by atoms with Gasteiger partial charge in [-0.1, -0.05) is 0 Å². The second-order valence-electron chi connectivity index (χ2n) is 6.57. The first kappa shape index (κ1) is 27.2. The molecule has 0 heterocycles. The molecule has 0 aliphatic carbocycles. The third kappa shape index (κ3) is 11.1. The van der Waals surface area contributed by atoms with Gasteiger partial charge >= 0.3 is 11.9 Å². The number of hydrogen-bond donors (Lipinski definition) is 8. The molecule has 0 aromatic carbocycles. The van der Waals surface area contributed by atoms with Crippen LogP contribution in [0.4, 0.5) is 0 Å². The Hall–Kier alpha value is -3.75. The third-order valence-corrected chi connectivity index (χ3v) is 3.81. The standard InChI is InChI=1S/C16H26N6O9/c1-6(16(30)31)20-14(28)8(4-10(18)23)22-15(29)9(5-11(19)24)21-13(27)7(17)2-3-12(25)26/h6-9H,2-5,17H2,1H3,(H2,18,23)(H2,19,24)(H,20,28)(H,21,27)(H,22,29)(H,25,26)(H,30,31). The summed E-state index contributed by atoms with van der Waals surface area (Å²) in [6.45, 7) is 1.14. The minimum atomic E-state index is -1.61. The number of nitrogens with two attached hydrogens (primary N) is 3. The fraction of sp³-hybridized carbons (Fsp3) is 0.562. The molecule has 4 atom stereocenters. The lowest BCUT2D eigenvalue weighted by Gasteiger charge is -2.23. The van der Waals surface area contributed by atoms with E-state index < -0.39 is 84.9 Å². The molecule has 31 heavy (non-hydrogen) atoms. The van der Waals surface area contributed by atoms with Gasteiger partial charge in [-0.25, -0.2) is 0 Å². The number of hydrogen-bond acceptors (Lipinski definition) is 8. The zero-order valence-electron chi connectivity index (χ0n) is 16.6. The van der Waals surface area contributed by atoms with Crippen molar-refractivity contribution < 1.29 is 43.8 Å². The molecule has 11 N–H and O–H groups in total. The third-order valence-electron chi connectivity index (χ3n) is 3.81. The van der Waals surface area contributed by atoms with E-state index in [4.69, 9.17) is 27.4 Å². The van der Waals surface area contributed by atoms with Crippen LogP contribution in [0.5, 0.6) is 0 Å². The van der Waals surface area contributed by atoms with Crippen LogP contribution in [0.15, 0.2) is 0 Å². The highest BCUT2D eigenvalue weighted by Crippen LogP contribution is 2.01. The normalized spacial score (nSPS) is 14.3. The molecule has 0 aliphatic rings. The highest BCUT2D eigenvalue weighted by Gasteiger charge is 2.31. The summed E-state index contributed by atoms with van der Waals surface area (Å²) in [6, 6.07) is -5.89. The SMILES string of the molecule is CC(NC(=O)C(CC(N)=O)NC(=O)C(CC(N)=O)NC(=O)C(N)CCC(=O)O)C(=O)O. The highest BCUT2D eigenvalue weighted by atomic mass is 16.4. The van der Waals surface area contributed by atoms with Crippen LogP contribution in [0.25, 0.3) is 0 Å². The highest BCUT2D eigenvalue weighted by molar-refractivity contribution is 5.97. The summed E-state index contributed by atoms with van der Waals surface area (Å²) in [6.07, 6.45) is -2.10. The quantitative estimate of drug-likeness (QED) is 0.126. The molecule has 0 bridgehead atoms. The van der Waals surface area contributed by atoms with Gasteiger partial charge in [0, 0.05) is 6.42 Å². The summed E-state index contributed by atoms with van der Waals surface area (Å²) >= 11 is 0. The molecule has 0 rings (SSSR count).